The molecule has 0 spiro atoms. The molecule has 0 aromatic heterocycles. The summed E-state index contributed by atoms with van der Waals surface area (Å²) in [5.74, 6) is -0.0994. The summed E-state index contributed by atoms with van der Waals surface area (Å²) >= 11 is 3.17. The summed E-state index contributed by atoms with van der Waals surface area (Å²) in [6, 6.07) is 4.52. The van der Waals surface area contributed by atoms with Crippen molar-refractivity contribution >= 4 is 33.5 Å². The third-order valence-corrected chi connectivity index (χ3v) is 2.08. The van der Waals surface area contributed by atoms with Gasteiger partial charge in [-0.1, -0.05) is 22.0 Å². The molecule has 0 atom stereocenters. The maximum absolute atomic E-state index is 10.7. The summed E-state index contributed by atoms with van der Waals surface area (Å²) < 4.78 is 0.611. The van der Waals surface area contributed by atoms with Gasteiger partial charge in [0.15, 0.2) is 5.78 Å². The molecule has 0 aliphatic carbocycles. The number of ketones is 1. The van der Waals surface area contributed by atoms with E-state index >= 15 is 0 Å². The Kier molecular flexibility index (Phi) is 3.74. The number of nitro benzene ring substituents is 1. The van der Waals surface area contributed by atoms with Crippen molar-refractivity contribution in [2.45, 2.75) is 6.92 Å². The fourth-order valence-corrected chi connectivity index (χ4v) is 1.51. The molecule has 0 aliphatic rings. The van der Waals surface area contributed by atoms with Crippen LogP contribution in [-0.2, 0) is 4.79 Å². The topological polar surface area (TPSA) is 60.2 Å². The van der Waals surface area contributed by atoms with Gasteiger partial charge in [0, 0.05) is 16.6 Å². The van der Waals surface area contributed by atoms with E-state index in [0.29, 0.717) is 10.0 Å². The van der Waals surface area contributed by atoms with Gasteiger partial charge in [-0.05, 0) is 24.6 Å². The molecule has 0 amide bonds. The lowest BCUT2D eigenvalue weighted by Gasteiger charge is -1.96. The Balaban J connectivity index is 3.09. The second-order valence-corrected chi connectivity index (χ2v) is 3.86. The third kappa shape index (κ3) is 3.63. The van der Waals surface area contributed by atoms with Gasteiger partial charge in [-0.3, -0.25) is 14.9 Å². The van der Waals surface area contributed by atoms with E-state index in [2.05, 4.69) is 15.9 Å². The molecule has 4 nitrogen and oxygen atoms in total. The molecule has 78 valence electrons. The SMILES string of the molecule is CC(=O)/C=C/c1cc(Br)cc([N+](=O)[O-])c1. The molecule has 0 unspecified atom stereocenters. The predicted octanol–water partition coefficient (Wildman–Crippen LogP) is 2.96. The van der Waals surface area contributed by atoms with E-state index in [1.807, 2.05) is 0 Å². The molecule has 5 heteroatoms. The van der Waals surface area contributed by atoms with E-state index in [1.54, 1.807) is 12.1 Å². The van der Waals surface area contributed by atoms with Gasteiger partial charge in [0.25, 0.3) is 5.69 Å². The van der Waals surface area contributed by atoms with Gasteiger partial charge in [0.05, 0.1) is 4.92 Å². The van der Waals surface area contributed by atoms with Gasteiger partial charge in [0.2, 0.25) is 0 Å². The fraction of sp³-hybridized carbons (Fsp3) is 0.100. The van der Waals surface area contributed by atoms with Crippen LogP contribution in [-0.4, -0.2) is 10.7 Å². The number of carbonyl (C=O) groups is 1. The van der Waals surface area contributed by atoms with Gasteiger partial charge in [-0.2, -0.15) is 0 Å². The fourth-order valence-electron chi connectivity index (χ4n) is 1.01. The van der Waals surface area contributed by atoms with Crippen LogP contribution in [0.2, 0.25) is 0 Å². The van der Waals surface area contributed by atoms with Crippen LogP contribution in [0.3, 0.4) is 0 Å². The predicted molar refractivity (Wildman–Crippen MR) is 60.5 cm³/mol. The number of nitro groups is 1. The van der Waals surface area contributed by atoms with E-state index in [0.717, 1.165) is 0 Å². The largest absolute Gasteiger partial charge is 0.295 e. The minimum absolute atomic E-state index is 0.00687. The molecule has 1 aromatic rings. The first-order valence-electron chi connectivity index (χ1n) is 4.12. The zero-order chi connectivity index (χ0) is 11.4. The van der Waals surface area contributed by atoms with E-state index in [4.69, 9.17) is 0 Å². The Bertz CT molecular complexity index is 440. The second kappa shape index (κ2) is 4.84. The number of hydrogen-bond acceptors (Lipinski definition) is 3. The molecule has 0 bridgehead atoms. The number of nitrogens with zero attached hydrogens (tertiary/aromatic N) is 1. The summed E-state index contributed by atoms with van der Waals surface area (Å²) in [4.78, 5) is 20.7. The van der Waals surface area contributed by atoms with Gasteiger partial charge in [-0.25, -0.2) is 0 Å². The highest BCUT2D eigenvalue weighted by Crippen LogP contribution is 2.22. The molecule has 0 saturated heterocycles. The number of carbonyl (C=O) groups excluding carboxylic acids is 1. The standard InChI is InChI=1S/C10H8BrNO3/c1-7(13)2-3-8-4-9(11)6-10(5-8)12(14)15/h2-6H,1H3/b3-2+. The van der Waals surface area contributed by atoms with Crippen LogP contribution in [0.15, 0.2) is 28.7 Å². The molecule has 0 aliphatic heterocycles. The van der Waals surface area contributed by atoms with Gasteiger partial charge < -0.3 is 0 Å². The monoisotopic (exact) mass is 269 g/mol. The van der Waals surface area contributed by atoms with Crippen LogP contribution in [0, 0.1) is 10.1 Å². The Morgan fingerprint density at radius 2 is 2.13 bits per heavy atom. The Morgan fingerprint density at radius 3 is 2.67 bits per heavy atom. The molecule has 1 aromatic carbocycles. The summed E-state index contributed by atoms with van der Waals surface area (Å²) in [5, 5.41) is 10.5. The summed E-state index contributed by atoms with van der Waals surface area (Å²) in [7, 11) is 0. The average molecular weight is 270 g/mol. The molecule has 0 N–H and O–H groups in total. The summed E-state index contributed by atoms with van der Waals surface area (Å²) in [6.45, 7) is 1.42. The minimum atomic E-state index is -0.476. The lowest BCUT2D eigenvalue weighted by Crippen LogP contribution is -1.89. The van der Waals surface area contributed by atoms with Crippen LogP contribution in [0.25, 0.3) is 6.08 Å². The van der Waals surface area contributed by atoms with Crippen molar-refractivity contribution in [3.8, 4) is 0 Å². The van der Waals surface area contributed by atoms with E-state index < -0.39 is 4.92 Å². The highest BCUT2D eigenvalue weighted by molar-refractivity contribution is 9.10. The highest BCUT2D eigenvalue weighted by atomic mass is 79.9. The van der Waals surface area contributed by atoms with Crippen molar-refractivity contribution < 1.29 is 9.72 Å². The zero-order valence-electron chi connectivity index (χ0n) is 7.94. The van der Waals surface area contributed by atoms with Crippen molar-refractivity contribution in [1.82, 2.24) is 0 Å². The molecule has 1 rings (SSSR count). The third-order valence-electron chi connectivity index (χ3n) is 1.63. The quantitative estimate of drug-likeness (QED) is 0.482. The first kappa shape index (κ1) is 11.6. The average Bonchev–Trinajstić information content (AvgIpc) is 2.13. The highest BCUT2D eigenvalue weighted by Gasteiger charge is 2.06. The van der Waals surface area contributed by atoms with E-state index in [9.17, 15) is 14.9 Å². The van der Waals surface area contributed by atoms with Crippen LogP contribution < -0.4 is 0 Å². The zero-order valence-corrected chi connectivity index (χ0v) is 9.52. The van der Waals surface area contributed by atoms with Crippen molar-refractivity contribution in [3.05, 3.63) is 44.4 Å². The lowest BCUT2D eigenvalue weighted by atomic mass is 10.2. The maximum atomic E-state index is 10.7. The normalized spacial score (nSPS) is 10.5. The first-order chi connectivity index (χ1) is 6.99. The Hall–Kier alpha value is -1.49. The van der Waals surface area contributed by atoms with Crippen LogP contribution >= 0.6 is 15.9 Å². The number of benzene rings is 1. The lowest BCUT2D eigenvalue weighted by molar-refractivity contribution is -0.384. The van der Waals surface area contributed by atoms with Crippen molar-refractivity contribution in [1.29, 1.82) is 0 Å². The van der Waals surface area contributed by atoms with E-state index in [1.165, 1.54) is 25.1 Å². The van der Waals surface area contributed by atoms with Crippen LogP contribution in [0.1, 0.15) is 12.5 Å². The summed E-state index contributed by atoms with van der Waals surface area (Å²) in [6.07, 6.45) is 2.91. The molecular formula is C10H8BrNO3. The number of rotatable bonds is 3. The Morgan fingerprint density at radius 1 is 1.47 bits per heavy atom. The minimum Gasteiger partial charge on any atom is -0.295 e. The van der Waals surface area contributed by atoms with E-state index in [-0.39, 0.29) is 11.5 Å². The molecule has 15 heavy (non-hydrogen) atoms. The van der Waals surface area contributed by atoms with Gasteiger partial charge >= 0.3 is 0 Å². The first-order valence-corrected chi connectivity index (χ1v) is 4.92. The molecule has 0 saturated carbocycles. The van der Waals surface area contributed by atoms with Crippen molar-refractivity contribution in [2.24, 2.45) is 0 Å². The number of halogens is 1. The van der Waals surface area contributed by atoms with Crippen LogP contribution in [0.4, 0.5) is 5.69 Å². The number of hydrogen-bond donors (Lipinski definition) is 0. The number of allylic oxidation sites excluding steroid dienone is 1. The molecule has 0 radical (unpaired) electrons. The number of non-ortho nitro benzene ring substituents is 1. The maximum Gasteiger partial charge on any atom is 0.271 e. The molecule has 0 fully saturated rings. The Labute approximate surface area is 94.9 Å². The van der Waals surface area contributed by atoms with Gasteiger partial charge in [-0.15, -0.1) is 0 Å². The summed E-state index contributed by atoms with van der Waals surface area (Å²) in [5.41, 5.74) is 0.610. The molecule has 0 heterocycles. The van der Waals surface area contributed by atoms with Crippen molar-refractivity contribution in [3.63, 3.8) is 0 Å². The van der Waals surface area contributed by atoms with Crippen LogP contribution in [0.5, 0.6) is 0 Å². The second-order valence-electron chi connectivity index (χ2n) is 2.94. The van der Waals surface area contributed by atoms with Gasteiger partial charge in [0.1, 0.15) is 0 Å². The van der Waals surface area contributed by atoms with Crippen molar-refractivity contribution in [2.75, 3.05) is 0 Å². The smallest absolute Gasteiger partial charge is 0.271 e. The molecular weight excluding hydrogens is 262 g/mol.